The number of hydrogen-bond acceptors (Lipinski definition) is 1. The van der Waals surface area contributed by atoms with E-state index in [0.717, 1.165) is 17.8 Å². The minimum atomic E-state index is 0.904. The minimum absolute atomic E-state index is 0.904. The largest absolute Gasteiger partial charge is 0.332 e. The highest BCUT2D eigenvalue weighted by atomic mass is 16.5. The summed E-state index contributed by atoms with van der Waals surface area (Å²) < 4.78 is 7.02. The number of rotatable bonds is 16. The van der Waals surface area contributed by atoms with Crippen LogP contribution in [-0.4, -0.2) is 37.5 Å². The first-order chi connectivity index (χ1) is 10.2. The second-order valence-corrected chi connectivity index (χ2v) is 6.51. The van der Waals surface area contributed by atoms with Gasteiger partial charge in [0.15, 0.2) is 6.73 Å². The van der Waals surface area contributed by atoms with E-state index in [1.807, 2.05) is 0 Å². The molecular weight excluding hydrogens is 258 g/mol. The van der Waals surface area contributed by atoms with E-state index in [1.54, 1.807) is 0 Å². The Hall–Kier alpha value is -0.0800. The van der Waals surface area contributed by atoms with Crippen molar-refractivity contribution >= 4 is 0 Å². The molecule has 0 aliphatic heterocycles. The fraction of sp³-hybridized carbons (Fsp3) is 1.00. The molecule has 0 aromatic heterocycles. The van der Waals surface area contributed by atoms with E-state index >= 15 is 0 Å². The molecule has 0 atom stereocenters. The monoisotopic (exact) mass is 300 g/mol. The second-order valence-electron chi connectivity index (χ2n) is 6.51. The number of hydrogen-bond donors (Lipinski definition) is 0. The van der Waals surface area contributed by atoms with Crippen LogP contribution >= 0.6 is 0 Å². The lowest BCUT2D eigenvalue weighted by molar-refractivity contribution is -0.941. The van der Waals surface area contributed by atoms with Crippen LogP contribution in [0, 0.1) is 0 Å². The third-order valence-electron chi connectivity index (χ3n) is 5.02. The van der Waals surface area contributed by atoms with Gasteiger partial charge in [-0.1, -0.05) is 64.7 Å². The molecule has 0 heterocycles. The Morgan fingerprint density at radius 1 is 0.571 bits per heavy atom. The van der Waals surface area contributed by atoms with Gasteiger partial charge in [0.25, 0.3) is 0 Å². The fourth-order valence-corrected chi connectivity index (χ4v) is 2.89. The maximum Gasteiger partial charge on any atom is 0.183 e. The molecule has 2 heteroatoms. The van der Waals surface area contributed by atoms with Gasteiger partial charge in [-0.25, -0.2) is 0 Å². The van der Waals surface area contributed by atoms with Crippen molar-refractivity contribution in [2.75, 3.05) is 33.0 Å². The Morgan fingerprint density at radius 3 is 1.43 bits per heavy atom. The molecule has 0 bridgehead atoms. The zero-order valence-corrected chi connectivity index (χ0v) is 15.5. The first-order valence-corrected chi connectivity index (χ1v) is 9.67. The molecule has 0 aromatic carbocycles. The number of ether oxygens (including phenoxy) is 1. The van der Waals surface area contributed by atoms with Crippen molar-refractivity contribution in [3.8, 4) is 0 Å². The lowest BCUT2D eigenvalue weighted by Crippen LogP contribution is -2.49. The number of nitrogens with zero attached hydrogens (tertiary/aromatic N) is 1. The summed E-state index contributed by atoms with van der Waals surface area (Å²) in [5.74, 6) is 0. The van der Waals surface area contributed by atoms with E-state index in [0.29, 0.717) is 0 Å². The Labute approximate surface area is 134 Å². The molecular formula is C19H42NO+. The summed E-state index contributed by atoms with van der Waals surface area (Å²) in [7, 11) is 0. The fourth-order valence-electron chi connectivity index (χ4n) is 2.89. The highest BCUT2D eigenvalue weighted by Crippen LogP contribution is 2.11. The lowest BCUT2D eigenvalue weighted by atomic mass is 10.1. The lowest BCUT2D eigenvalue weighted by Gasteiger charge is -2.35. The molecule has 0 radical (unpaired) electrons. The van der Waals surface area contributed by atoms with Crippen LogP contribution in [0.15, 0.2) is 0 Å². The quantitative estimate of drug-likeness (QED) is 0.200. The van der Waals surface area contributed by atoms with Gasteiger partial charge in [0.2, 0.25) is 0 Å². The molecule has 0 saturated carbocycles. The molecule has 0 rings (SSSR count). The maximum absolute atomic E-state index is 5.92. The van der Waals surface area contributed by atoms with E-state index < -0.39 is 0 Å². The predicted molar refractivity (Wildman–Crippen MR) is 94.5 cm³/mol. The van der Waals surface area contributed by atoms with E-state index in [9.17, 15) is 0 Å². The van der Waals surface area contributed by atoms with E-state index in [4.69, 9.17) is 4.74 Å². The van der Waals surface area contributed by atoms with Crippen molar-refractivity contribution in [2.45, 2.75) is 91.9 Å². The molecule has 0 amide bonds. The van der Waals surface area contributed by atoms with Gasteiger partial charge in [0.05, 0.1) is 26.2 Å². The maximum atomic E-state index is 5.92. The molecule has 0 unspecified atom stereocenters. The Bertz CT molecular complexity index is 193. The molecule has 0 fully saturated rings. The highest BCUT2D eigenvalue weighted by molar-refractivity contribution is 4.47. The number of quaternary nitrogens is 1. The molecule has 0 aliphatic carbocycles. The molecule has 21 heavy (non-hydrogen) atoms. The molecule has 2 nitrogen and oxygen atoms in total. The van der Waals surface area contributed by atoms with Crippen LogP contribution in [0.5, 0.6) is 0 Å². The topological polar surface area (TPSA) is 9.23 Å². The second kappa shape index (κ2) is 14.8. The molecule has 0 spiro atoms. The zero-order chi connectivity index (χ0) is 15.8. The van der Waals surface area contributed by atoms with E-state index in [1.165, 1.54) is 83.8 Å². The van der Waals surface area contributed by atoms with Gasteiger partial charge in [0, 0.05) is 0 Å². The van der Waals surface area contributed by atoms with Gasteiger partial charge in [-0.05, 0) is 27.2 Å². The van der Waals surface area contributed by atoms with E-state index in [-0.39, 0.29) is 0 Å². The first-order valence-electron chi connectivity index (χ1n) is 9.67. The summed E-state index contributed by atoms with van der Waals surface area (Å²) in [5.41, 5.74) is 0. The summed E-state index contributed by atoms with van der Waals surface area (Å²) in [6.07, 6.45) is 14.0. The van der Waals surface area contributed by atoms with Crippen molar-refractivity contribution < 1.29 is 9.22 Å². The van der Waals surface area contributed by atoms with Crippen molar-refractivity contribution in [2.24, 2.45) is 0 Å². The van der Waals surface area contributed by atoms with Crippen LogP contribution < -0.4 is 0 Å². The minimum Gasteiger partial charge on any atom is -0.332 e. The molecule has 128 valence electrons. The third kappa shape index (κ3) is 11.2. The third-order valence-corrected chi connectivity index (χ3v) is 5.02. The number of unbranched alkanes of at least 4 members (excludes halogenated alkanes) is 9. The van der Waals surface area contributed by atoms with Gasteiger partial charge < -0.3 is 9.22 Å². The normalized spacial score (nSPS) is 12.0. The van der Waals surface area contributed by atoms with Crippen LogP contribution in [0.4, 0.5) is 0 Å². The van der Waals surface area contributed by atoms with Gasteiger partial charge in [0.1, 0.15) is 0 Å². The summed E-state index contributed by atoms with van der Waals surface area (Å²) in [6, 6.07) is 0. The van der Waals surface area contributed by atoms with E-state index in [2.05, 4.69) is 27.7 Å². The summed E-state index contributed by atoms with van der Waals surface area (Å²) >= 11 is 0. The van der Waals surface area contributed by atoms with Gasteiger partial charge in [-0.3, -0.25) is 0 Å². The standard InChI is InChI=1S/C19H42NO/c1-5-9-10-11-12-13-14-15-16-17-18-21-19-20(6-2,7-3)8-4/h5-19H2,1-4H3/q+1. The molecule has 0 saturated heterocycles. The Kier molecular flexibility index (Phi) is 14.8. The summed E-state index contributed by atoms with van der Waals surface area (Å²) in [4.78, 5) is 0. The smallest absolute Gasteiger partial charge is 0.183 e. The SMILES string of the molecule is CCCCCCCCCCCCOC[N+](CC)(CC)CC. The summed E-state index contributed by atoms with van der Waals surface area (Å²) in [5, 5.41) is 0. The molecule has 0 aliphatic rings. The first kappa shape index (κ1) is 20.9. The van der Waals surface area contributed by atoms with Gasteiger partial charge >= 0.3 is 0 Å². The molecule has 0 aromatic rings. The van der Waals surface area contributed by atoms with Crippen molar-refractivity contribution in [1.82, 2.24) is 0 Å². The van der Waals surface area contributed by atoms with Crippen LogP contribution in [0.3, 0.4) is 0 Å². The predicted octanol–water partition coefficient (Wildman–Crippen LogP) is 5.76. The highest BCUT2D eigenvalue weighted by Gasteiger charge is 2.20. The van der Waals surface area contributed by atoms with Crippen LogP contribution in [0.2, 0.25) is 0 Å². The average Bonchev–Trinajstić information content (AvgIpc) is 2.53. The van der Waals surface area contributed by atoms with Gasteiger partial charge in [-0.2, -0.15) is 0 Å². The van der Waals surface area contributed by atoms with Crippen LogP contribution in [-0.2, 0) is 4.74 Å². The summed E-state index contributed by atoms with van der Waals surface area (Å²) in [6.45, 7) is 14.5. The molecule has 0 N–H and O–H groups in total. The average molecular weight is 301 g/mol. The Morgan fingerprint density at radius 2 is 1.00 bits per heavy atom. The van der Waals surface area contributed by atoms with Crippen LogP contribution in [0.25, 0.3) is 0 Å². The van der Waals surface area contributed by atoms with Crippen molar-refractivity contribution in [3.05, 3.63) is 0 Å². The van der Waals surface area contributed by atoms with Gasteiger partial charge in [-0.15, -0.1) is 0 Å². The van der Waals surface area contributed by atoms with Crippen molar-refractivity contribution in [3.63, 3.8) is 0 Å². The Balaban J connectivity index is 3.29. The van der Waals surface area contributed by atoms with Crippen LogP contribution in [0.1, 0.15) is 91.9 Å². The van der Waals surface area contributed by atoms with Crippen molar-refractivity contribution in [1.29, 1.82) is 0 Å². The zero-order valence-electron chi connectivity index (χ0n) is 15.5.